The second-order valence-corrected chi connectivity index (χ2v) is 7.53. The third-order valence-corrected chi connectivity index (χ3v) is 3.90. The van der Waals surface area contributed by atoms with Crippen LogP contribution in [-0.2, 0) is 22.5 Å². The van der Waals surface area contributed by atoms with Crippen LogP contribution in [0.1, 0.15) is 31.9 Å². The third-order valence-electron chi connectivity index (χ3n) is 3.90. The van der Waals surface area contributed by atoms with Crippen LogP contribution in [0.3, 0.4) is 0 Å². The van der Waals surface area contributed by atoms with Gasteiger partial charge in [-0.15, -0.1) is 0 Å². The number of nitrogens with one attached hydrogen (secondary N) is 2. The summed E-state index contributed by atoms with van der Waals surface area (Å²) < 4.78 is 5.25. The maximum absolute atomic E-state index is 12.7. The van der Waals surface area contributed by atoms with Gasteiger partial charge in [0.1, 0.15) is 11.6 Å². The van der Waals surface area contributed by atoms with Crippen molar-refractivity contribution in [3.8, 4) is 0 Å². The summed E-state index contributed by atoms with van der Waals surface area (Å²) in [6.45, 7) is 5.50. The maximum atomic E-state index is 12.7. The van der Waals surface area contributed by atoms with Crippen molar-refractivity contribution < 1.29 is 19.2 Å². The minimum absolute atomic E-state index is 0.0427. The van der Waals surface area contributed by atoms with E-state index in [1.807, 2.05) is 30.3 Å². The number of nitro benzene ring substituents is 1. The predicted molar refractivity (Wildman–Crippen MR) is 108 cm³/mol. The Bertz CT molecular complexity index is 845. The van der Waals surface area contributed by atoms with Crippen LogP contribution in [-0.4, -0.2) is 28.6 Å². The van der Waals surface area contributed by atoms with E-state index in [1.165, 1.54) is 12.1 Å². The normalized spacial score (nSPS) is 12.0. The van der Waals surface area contributed by atoms with Crippen LogP contribution in [0.25, 0.3) is 0 Å². The Kier molecular flexibility index (Phi) is 7.30. The van der Waals surface area contributed by atoms with Gasteiger partial charge in [0.25, 0.3) is 5.69 Å². The van der Waals surface area contributed by atoms with E-state index in [9.17, 15) is 19.7 Å². The average molecular weight is 399 g/mol. The summed E-state index contributed by atoms with van der Waals surface area (Å²) in [4.78, 5) is 35.2. The van der Waals surface area contributed by atoms with E-state index in [1.54, 1.807) is 32.9 Å². The molecule has 0 saturated heterocycles. The van der Waals surface area contributed by atoms with Gasteiger partial charge in [0, 0.05) is 25.1 Å². The van der Waals surface area contributed by atoms with Gasteiger partial charge in [0.15, 0.2) is 0 Å². The van der Waals surface area contributed by atoms with Gasteiger partial charge < -0.3 is 15.4 Å². The second kappa shape index (κ2) is 9.68. The molecule has 0 fully saturated rings. The number of hydrogen-bond acceptors (Lipinski definition) is 5. The molecular formula is C21H25N3O5. The summed E-state index contributed by atoms with van der Waals surface area (Å²) in [6.07, 6.45) is -0.544. The number of amides is 2. The number of rotatable bonds is 7. The number of nitro groups is 1. The molecule has 2 amide bonds. The predicted octanol–water partition coefficient (Wildman–Crippen LogP) is 3.35. The topological polar surface area (TPSA) is 111 Å². The van der Waals surface area contributed by atoms with Gasteiger partial charge in [-0.1, -0.05) is 42.5 Å². The highest BCUT2D eigenvalue weighted by Gasteiger charge is 2.24. The first kappa shape index (κ1) is 21.9. The van der Waals surface area contributed by atoms with Gasteiger partial charge in [-0.3, -0.25) is 14.9 Å². The zero-order chi connectivity index (χ0) is 21.4. The Morgan fingerprint density at radius 1 is 1.03 bits per heavy atom. The van der Waals surface area contributed by atoms with E-state index < -0.39 is 22.7 Å². The van der Waals surface area contributed by atoms with Crippen molar-refractivity contribution in [1.29, 1.82) is 0 Å². The lowest BCUT2D eigenvalue weighted by atomic mass is 10.0. The molecule has 0 spiro atoms. The molecule has 0 heterocycles. The number of carbonyl (C=O) groups excluding carboxylic acids is 2. The molecule has 8 nitrogen and oxygen atoms in total. The number of carbonyl (C=O) groups is 2. The minimum atomic E-state index is -0.894. The second-order valence-electron chi connectivity index (χ2n) is 7.53. The quantitative estimate of drug-likeness (QED) is 0.548. The first-order valence-electron chi connectivity index (χ1n) is 9.18. The Labute approximate surface area is 169 Å². The highest BCUT2D eigenvalue weighted by atomic mass is 16.6. The molecule has 0 bridgehead atoms. The van der Waals surface area contributed by atoms with Gasteiger partial charge in [-0.2, -0.15) is 0 Å². The Hall–Kier alpha value is -3.42. The van der Waals surface area contributed by atoms with Gasteiger partial charge in [0.05, 0.1) is 4.92 Å². The van der Waals surface area contributed by atoms with Crippen molar-refractivity contribution in [2.75, 3.05) is 0 Å². The highest BCUT2D eigenvalue weighted by Crippen LogP contribution is 2.14. The van der Waals surface area contributed by atoms with Crippen molar-refractivity contribution >= 4 is 17.7 Å². The zero-order valence-corrected chi connectivity index (χ0v) is 16.7. The lowest BCUT2D eigenvalue weighted by Crippen LogP contribution is -2.49. The average Bonchev–Trinajstić information content (AvgIpc) is 2.65. The fraction of sp³-hybridized carbons (Fsp3) is 0.333. The van der Waals surface area contributed by atoms with E-state index >= 15 is 0 Å². The molecule has 0 aliphatic carbocycles. The standard InChI is InChI=1S/C21H25N3O5/c1-21(2,3)29-20(26)23-18(13-15-9-11-17(12-10-15)24(27)28)19(25)22-14-16-7-5-4-6-8-16/h4-12,18H,13-14H2,1-3H3,(H,22,25)(H,23,26). The molecule has 2 aromatic rings. The maximum Gasteiger partial charge on any atom is 0.408 e. The third kappa shape index (κ3) is 7.61. The molecule has 0 radical (unpaired) electrons. The molecule has 2 aromatic carbocycles. The van der Waals surface area contributed by atoms with Crippen LogP contribution in [0.5, 0.6) is 0 Å². The fourth-order valence-corrected chi connectivity index (χ4v) is 2.56. The number of hydrogen-bond donors (Lipinski definition) is 2. The summed E-state index contributed by atoms with van der Waals surface area (Å²) in [6, 6.07) is 14.3. The summed E-state index contributed by atoms with van der Waals surface area (Å²) in [5.74, 6) is -0.377. The van der Waals surface area contributed by atoms with Crippen LogP contribution >= 0.6 is 0 Å². The van der Waals surface area contributed by atoms with E-state index in [-0.39, 0.29) is 18.0 Å². The zero-order valence-electron chi connectivity index (χ0n) is 16.7. The van der Waals surface area contributed by atoms with Gasteiger partial charge in [0.2, 0.25) is 5.91 Å². The number of ether oxygens (including phenoxy) is 1. The van der Waals surface area contributed by atoms with Gasteiger partial charge in [-0.05, 0) is 31.9 Å². The smallest absolute Gasteiger partial charge is 0.408 e. The molecule has 0 aliphatic heterocycles. The van der Waals surface area contributed by atoms with E-state index in [4.69, 9.17) is 4.74 Å². The Morgan fingerprint density at radius 3 is 2.21 bits per heavy atom. The van der Waals surface area contributed by atoms with Crippen LogP contribution in [0.4, 0.5) is 10.5 Å². The number of alkyl carbamates (subject to hydrolysis) is 1. The minimum Gasteiger partial charge on any atom is -0.444 e. The van der Waals surface area contributed by atoms with Crippen molar-refractivity contribution in [1.82, 2.24) is 10.6 Å². The number of non-ortho nitro benzene ring substituents is 1. The molecule has 0 aromatic heterocycles. The highest BCUT2D eigenvalue weighted by molar-refractivity contribution is 5.86. The Balaban J connectivity index is 2.09. The van der Waals surface area contributed by atoms with E-state index in [0.717, 1.165) is 5.56 Å². The van der Waals surface area contributed by atoms with E-state index in [2.05, 4.69) is 10.6 Å². The summed E-state index contributed by atoms with van der Waals surface area (Å²) in [7, 11) is 0. The molecule has 0 aliphatic rings. The SMILES string of the molecule is CC(C)(C)OC(=O)NC(Cc1ccc([N+](=O)[O-])cc1)C(=O)NCc1ccccc1. The van der Waals surface area contributed by atoms with E-state index in [0.29, 0.717) is 12.1 Å². The van der Waals surface area contributed by atoms with Crippen molar-refractivity contribution in [2.45, 2.75) is 45.4 Å². The lowest BCUT2D eigenvalue weighted by molar-refractivity contribution is -0.384. The molecule has 1 atom stereocenters. The molecular weight excluding hydrogens is 374 g/mol. The first-order valence-corrected chi connectivity index (χ1v) is 9.18. The monoisotopic (exact) mass is 399 g/mol. The van der Waals surface area contributed by atoms with Crippen molar-refractivity contribution in [3.63, 3.8) is 0 Å². The summed E-state index contributed by atoms with van der Waals surface area (Å²) in [5, 5.41) is 16.2. The Morgan fingerprint density at radius 2 is 1.66 bits per heavy atom. The van der Waals surface area contributed by atoms with Gasteiger partial charge >= 0.3 is 6.09 Å². The summed E-state index contributed by atoms with van der Waals surface area (Å²) >= 11 is 0. The van der Waals surface area contributed by atoms with Crippen molar-refractivity contribution in [3.05, 3.63) is 75.8 Å². The largest absolute Gasteiger partial charge is 0.444 e. The van der Waals surface area contributed by atoms with Crippen LogP contribution in [0.2, 0.25) is 0 Å². The lowest BCUT2D eigenvalue weighted by Gasteiger charge is -2.23. The van der Waals surface area contributed by atoms with Crippen LogP contribution < -0.4 is 10.6 Å². The molecule has 2 rings (SSSR count). The molecule has 1 unspecified atom stereocenters. The molecule has 29 heavy (non-hydrogen) atoms. The molecule has 154 valence electrons. The fourth-order valence-electron chi connectivity index (χ4n) is 2.56. The number of nitrogens with zero attached hydrogens (tertiary/aromatic N) is 1. The molecule has 8 heteroatoms. The first-order chi connectivity index (χ1) is 13.6. The van der Waals surface area contributed by atoms with Crippen molar-refractivity contribution in [2.24, 2.45) is 0 Å². The van der Waals surface area contributed by atoms with Crippen LogP contribution in [0, 0.1) is 10.1 Å². The molecule has 0 saturated carbocycles. The number of benzene rings is 2. The molecule has 2 N–H and O–H groups in total. The summed E-state index contributed by atoms with van der Waals surface area (Å²) in [5.41, 5.74) is 0.848. The van der Waals surface area contributed by atoms with Gasteiger partial charge in [-0.25, -0.2) is 4.79 Å². The van der Waals surface area contributed by atoms with Crippen LogP contribution in [0.15, 0.2) is 54.6 Å².